The Morgan fingerprint density at radius 2 is 2.27 bits per heavy atom. The molecule has 1 aromatic heterocycles. The summed E-state index contributed by atoms with van der Waals surface area (Å²) >= 11 is 0. The van der Waals surface area contributed by atoms with Crippen molar-refractivity contribution in [2.24, 2.45) is 7.05 Å². The van der Waals surface area contributed by atoms with Crippen LogP contribution in [0.3, 0.4) is 0 Å². The van der Waals surface area contributed by atoms with Gasteiger partial charge in [0.1, 0.15) is 5.25 Å². The van der Waals surface area contributed by atoms with E-state index >= 15 is 0 Å². The molecule has 0 atom stereocenters. The first-order valence-electron chi connectivity index (χ1n) is 4.56. The zero-order valence-electron chi connectivity index (χ0n) is 8.62. The van der Waals surface area contributed by atoms with Gasteiger partial charge in [-0.3, -0.25) is 8.99 Å². The topological polar surface area (TPSA) is 64.4 Å². The molecule has 2 rings (SSSR count). The van der Waals surface area contributed by atoms with E-state index in [9.17, 15) is 8.42 Å². The van der Waals surface area contributed by atoms with E-state index in [1.54, 1.807) is 17.9 Å². The van der Waals surface area contributed by atoms with E-state index < -0.39 is 15.3 Å². The van der Waals surface area contributed by atoms with Gasteiger partial charge in [-0.15, -0.1) is 0 Å². The van der Waals surface area contributed by atoms with Gasteiger partial charge in [-0.1, -0.05) is 0 Å². The second-order valence-corrected chi connectivity index (χ2v) is 5.79. The Labute approximate surface area is 88.5 Å². The largest absolute Gasteiger partial charge is 0.378 e. The first-order chi connectivity index (χ1) is 7.01. The van der Waals surface area contributed by atoms with Crippen molar-refractivity contribution in [2.45, 2.75) is 5.25 Å². The molecule has 0 bridgehead atoms. The van der Waals surface area contributed by atoms with Crippen LogP contribution in [-0.4, -0.2) is 43.7 Å². The summed E-state index contributed by atoms with van der Waals surface area (Å²) in [6.07, 6.45) is 3.19. The second kappa shape index (κ2) is 3.49. The first kappa shape index (κ1) is 10.4. The lowest BCUT2D eigenvalue weighted by Crippen LogP contribution is -2.47. The van der Waals surface area contributed by atoms with E-state index in [0.717, 1.165) is 0 Å². The van der Waals surface area contributed by atoms with Crippen molar-refractivity contribution in [3.05, 3.63) is 12.4 Å². The minimum absolute atomic E-state index is 0.285. The van der Waals surface area contributed by atoms with E-state index in [-0.39, 0.29) is 13.2 Å². The van der Waals surface area contributed by atoms with Crippen LogP contribution < -0.4 is 4.31 Å². The Hall–Kier alpha value is -1.08. The van der Waals surface area contributed by atoms with Gasteiger partial charge in [-0.25, -0.2) is 8.42 Å². The van der Waals surface area contributed by atoms with Crippen molar-refractivity contribution in [1.29, 1.82) is 0 Å². The van der Waals surface area contributed by atoms with Crippen LogP contribution in [0.1, 0.15) is 0 Å². The van der Waals surface area contributed by atoms with Gasteiger partial charge in [0.15, 0.2) is 0 Å². The highest BCUT2D eigenvalue weighted by Crippen LogP contribution is 2.21. The van der Waals surface area contributed by atoms with Crippen molar-refractivity contribution in [3.8, 4) is 0 Å². The summed E-state index contributed by atoms with van der Waals surface area (Å²) < 4.78 is 31.6. The summed E-state index contributed by atoms with van der Waals surface area (Å²) in [6.45, 7) is 0.569. The van der Waals surface area contributed by atoms with Crippen LogP contribution in [0.4, 0.5) is 5.69 Å². The zero-order chi connectivity index (χ0) is 11.1. The number of hydrogen-bond acceptors (Lipinski definition) is 4. The standard InChI is InChI=1S/C8H13N3O3S/c1-10-4-7(3-9-10)11(2)15(12,13)8-5-14-6-8/h3-4,8H,5-6H2,1-2H3. The van der Waals surface area contributed by atoms with Crippen molar-refractivity contribution in [3.63, 3.8) is 0 Å². The fraction of sp³-hybridized carbons (Fsp3) is 0.625. The Morgan fingerprint density at radius 3 is 2.67 bits per heavy atom. The molecule has 6 nitrogen and oxygen atoms in total. The Bertz CT molecular complexity index is 449. The van der Waals surface area contributed by atoms with E-state index in [4.69, 9.17) is 4.74 Å². The van der Waals surface area contributed by atoms with E-state index in [1.807, 2.05) is 0 Å². The van der Waals surface area contributed by atoms with E-state index in [1.165, 1.54) is 17.5 Å². The molecule has 84 valence electrons. The van der Waals surface area contributed by atoms with Crippen molar-refractivity contribution < 1.29 is 13.2 Å². The molecule has 1 fully saturated rings. The minimum Gasteiger partial charge on any atom is -0.378 e. The molecule has 0 saturated carbocycles. The number of aromatic nitrogens is 2. The number of aryl methyl sites for hydroxylation is 1. The maximum absolute atomic E-state index is 11.9. The highest BCUT2D eigenvalue weighted by molar-refractivity contribution is 7.93. The quantitative estimate of drug-likeness (QED) is 0.709. The molecule has 1 aliphatic heterocycles. The van der Waals surface area contributed by atoms with Crippen molar-refractivity contribution >= 4 is 15.7 Å². The van der Waals surface area contributed by atoms with Crippen LogP contribution in [0.25, 0.3) is 0 Å². The molecule has 7 heteroatoms. The molecular formula is C8H13N3O3S. The lowest BCUT2D eigenvalue weighted by molar-refractivity contribution is 0.0415. The Morgan fingerprint density at radius 1 is 1.60 bits per heavy atom. The van der Waals surface area contributed by atoms with E-state index in [0.29, 0.717) is 5.69 Å². The molecule has 0 radical (unpaired) electrons. The van der Waals surface area contributed by atoms with Crippen molar-refractivity contribution in [1.82, 2.24) is 9.78 Å². The normalized spacial score (nSPS) is 17.5. The average molecular weight is 231 g/mol. The van der Waals surface area contributed by atoms with Crippen LogP contribution in [0, 0.1) is 0 Å². The third-order valence-electron chi connectivity index (χ3n) is 2.47. The number of anilines is 1. The SMILES string of the molecule is CN(c1cnn(C)c1)S(=O)(=O)C1COC1. The molecule has 0 aliphatic carbocycles. The van der Waals surface area contributed by atoms with Gasteiger partial charge in [0.2, 0.25) is 10.0 Å². The molecule has 0 N–H and O–H groups in total. The summed E-state index contributed by atoms with van der Waals surface area (Å²) in [7, 11) is -0.00812. The number of ether oxygens (including phenoxy) is 1. The summed E-state index contributed by atoms with van der Waals surface area (Å²) in [4.78, 5) is 0. The molecule has 2 heterocycles. The van der Waals surface area contributed by atoms with Crippen molar-refractivity contribution in [2.75, 3.05) is 24.6 Å². The number of hydrogen-bond donors (Lipinski definition) is 0. The molecule has 0 unspecified atom stereocenters. The number of nitrogens with zero attached hydrogens (tertiary/aromatic N) is 3. The Kier molecular flexibility index (Phi) is 2.43. The summed E-state index contributed by atoms with van der Waals surface area (Å²) in [5.41, 5.74) is 0.574. The van der Waals surface area contributed by atoms with Gasteiger partial charge < -0.3 is 4.74 Å². The molecule has 0 amide bonds. The van der Waals surface area contributed by atoms with Crippen LogP contribution in [0.15, 0.2) is 12.4 Å². The fourth-order valence-electron chi connectivity index (χ4n) is 1.33. The maximum Gasteiger partial charge on any atom is 0.242 e. The predicted molar refractivity (Wildman–Crippen MR) is 55.1 cm³/mol. The van der Waals surface area contributed by atoms with Crippen LogP contribution in [0.2, 0.25) is 0 Å². The zero-order valence-corrected chi connectivity index (χ0v) is 9.44. The second-order valence-electron chi connectivity index (χ2n) is 3.54. The maximum atomic E-state index is 11.9. The molecule has 1 aromatic rings. The lowest BCUT2D eigenvalue weighted by atomic mass is 10.4. The van der Waals surface area contributed by atoms with Gasteiger partial charge in [-0.05, 0) is 0 Å². The van der Waals surface area contributed by atoms with Gasteiger partial charge in [0, 0.05) is 20.3 Å². The minimum atomic E-state index is -3.29. The monoisotopic (exact) mass is 231 g/mol. The molecular weight excluding hydrogens is 218 g/mol. The third-order valence-corrected chi connectivity index (χ3v) is 4.55. The molecule has 15 heavy (non-hydrogen) atoms. The summed E-state index contributed by atoms with van der Waals surface area (Å²) in [5, 5.41) is 3.52. The van der Waals surface area contributed by atoms with E-state index in [2.05, 4.69) is 5.10 Å². The van der Waals surface area contributed by atoms with Gasteiger partial charge in [-0.2, -0.15) is 5.10 Å². The molecule has 0 spiro atoms. The van der Waals surface area contributed by atoms with Gasteiger partial charge >= 0.3 is 0 Å². The van der Waals surface area contributed by atoms with Gasteiger partial charge in [0.05, 0.1) is 25.1 Å². The lowest BCUT2D eigenvalue weighted by Gasteiger charge is -2.30. The molecule has 0 aromatic carbocycles. The highest BCUT2D eigenvalue weighted by Gasteiger charge is 2.36. The number of sulfonamides is 1. The van der Waals surface area contributed by atoms with Crippen LogP contribution in [-0.2, 0) is 21.8 Å². The summed E-state index contributed by atoms with van der Waals surface area (Å²) in [6, 6.07) is 0. The predicted octanol–water partition coefficient (Wildman–Crippen LogP) is -0.415. The Balaban J connectivity index is 2.23. The fourth-order valence-corrected chi connectivity index (χ4v) is 2.70. The molecule has 1 aliphatic rings. The molecule has 1 saturated heterocycles. The average Bonchev–Trinajstić information content (AvgIpc) is 2.46. The first-order valence-corrected chi connectivity index (χ1v) is 6.06. The van der Waals surface area contributed by atoms with Crippen LogP contribution in [0.5, 0.6) is 0 Å². The smallest absolute Gasteiger partial charge is 0.242 e. The summed E-state index contributed by atoms with van der Waals surface area (Å²) in [5.74, 6) is 0. The highest BCUT2D eigenvalue weighted by atomic mass is 32.2. The van der Waals surface area contributed by atoms with Gasteiger partial charge in [0.25, 0.3) is 0 Å². The van der Waals surface area contributed by atoms with Crippen LogP contribution >= 0.6 is 0 Å². The number of rotatable bonds is 3. The third kappa shape index (κ3) is 1.72.